The molecule has 2 amide bonds. The molecule has 0 spiro atoms. The molecule has 4 N–H and O–H groups in total. The molecule has 172 valence electrons. The molecule has 1 heterocycles. The van der Waals surface area contributed by atoms with Crippen molar-refractivity contribution in [2.24, 2.45) is 7.05 Å². The molecule has 8 heteroatoms. The fourth-order valence-electron chi connectivity index (χ4n) is 3.70. The molecule has 0 radical (unpaired) electrons. The quantitative estimate of drug-likeness (QED) is 0.453. The van der Waals surface area contributed by atoms with Crippen LogP contribution in [0.4, 0.5) is 10.5 Å². The van der Waals surface area contributed by atoms with Gasteiger partial charge >= 0.3 is 12.0 Å². The van der Waals surface area contributed by atoms with Crippen LogP contribution in [0, 0.1) is 20.8 Å². The number of urea groups is 1. The van der Waals surface area contributed by atoms with Gasteiger partial charge in [-0.2, -0.15) is 0 Å². The predicted octanol–water partition coefficient (Wildman–Crippen LogP) is 4.02. The predicted molar refractivity (Wildman–Crippen MR) is 127 cm³/mol. The number of amides is 2. The Balaban J connectivity index is 1.91. The molecule has 0 aliphatic carbocycles. The zero-order chi connectivity index (χ0) is 24.3. The largest absolute Gasteiger partial charge is 0.505 e. The highest BCUT2D eigenvalue weighted by atomic mass is 16.4. The SMILES string of the molecule is Cc1ccc(C)c(-c2cccc(C(CC(=O)O)NC(=O)Nc3c(O)c(C)cn(C)c3=O)c2)c1. The van der Waals surface area contributed by atoms with E-state index in [9.17, 15) is 24.6 Å². The molecule has 1 aromatic heterocycles. The molecule has 33 heavy (non-hydrogen) atoms. The van der Waals surface area contributed by atoms with Gasteiger partial charge in [-0.15, -0.1) is 0 Å². The van der Waals surface area contributed by atoms with E-state index in [-0.39, 0.29) is 17.9 Å². The van der Waals surface area contributed by atoms with E-state index in [1.165, 1.54) is 17.8 Å². The lowest BCUT2D eigenvalue weighted by atomic mass is 9.94. The monoisotopic (exact) mass is 449 g/mol. The van der Waals surface area contributed by atoms with E-state index >= 15 is 0 Å². The van der Waals surface area contributed by atoms with Crippen LogP contribution in [0.1, 0.15) is 34.7 Å². The lowest BCUT2D eigenvalue weighted by molar-refractivity contribution is -0.137. The van der Waals surface area contributed by atoms with Gasteiger partial charge in [-0.3, -0.25) is 9.59 Å². The van der Waals surface area contributed by atoms with E-state index in [1.54, 1.807) is 13.0 Å². The summed E-state index contributed by atoms with van der Waals surface area (Å²) in [6.07, 6.45) is 1.09. The highest BCUT2D eigenvalue weighted by Gasteiger charge is 2.21. The number of aryl methyl sites for hydroxylation is 4. The van der Waals surface area contributed by atoms with Crippen molar-refractivity contribution in [1.82, 2.24) is 9.88 Å². The molecule has 8 nitrogen and oxygen atoms in total. The minimum Gasteiger partial charge on any atom is -0.505 e. The van der Waals surface area contributed by atoms with Crippen LogP contribution >= 0.6 is 0 Å². The van der Waals surface area contributed by atoms with Crippen LogP contribution in [0.25, 0.3) is 11.1 Å². The van der Waals surface area contributed by atoms with E-state index in [0.29, 0.717) is 11.1 Å². The average Bonchev–Trinajstić information content (AvgIpc) is 2.76. The number of benzene rings is 2. The van der Waals surface area contributed by atoms with Gasteiger partial charge in [-0.1, -0.05) is 42.0 Å². The van der Waals surface area contributed by atoms with E-state index in [4.69, 9.17) is 0 Å². The smallest absolute Gasteiger partial charge is 0.319 e. The Morgan fingerprint density at radius 3 is 2.48 bits per heavy atom. The second-order valence-corrected chi connectivity index (χ2v) is 8.14. The summed E-state index contributed by atoms with van der Waals surface area (Å²) in [6.45, 7) is 5.59. The molecule has 1 unspecified atom stereocenters. The standard InChI is InChI=1S/C25H27N3O5/c1-14-8-9-15(2)19(10-14)17-6-5-7-18(11-17)20(12-21(29)30)26-25(33)27-22-23(31)16(3)13-28(4)24(22)32/h5-11,13,20,31H,12H2,1-4H3,(H,29,30)(H2,26,27,33). The Labute approximate surface area is 191 Å². The van der Waals surface area contributed by atoms with Crippen LogP contribution in [0.15, 0.2) is 53.5 Å². The maximum atomic E-state index is 12.7. The van der Waals surface area contributed by atoms with Crippen molar-refractivity contribution in [3.8, 4) is 16.9 Å². The summed E-state index contributed by atoms with van der Waals surface area (Å²) < 4.78 is 1.24. The molecule has 0 aliphatic rings. The molecule has 3 aromatic rings. The summed E-state index contributed by atoms with van der Waals surface area (Å²) in [5, 5.41) is 24.6. The van der Waals surface area contributed by atoms with Crippen LogP contribution in [0.5, 0.6) is 5.75 Å². The van der Waals surface area contributed by atoms with Crippen molar-refractivity contribution >= 4 is 17.7 Å². The number of aromatic hydroxyl groups is 1. The van der Waals surface area contributed by atoms with Crippen LogP contribution < -0.4 is 16.2 Å². The summed E-state index contributed by atoms with van der Waals surface area (Å²) in [6, 6.07) is 11.8. The minimum atomic E-state index is -1.09. The third kappa shape index (κ3) is 5.41. The van der Waals surface area contributed by atoms with Gasteiger partial charge in [0.05, 0.1) is 12.5 Å². The number of carbonyl (C=O) groups is 2. The molecular formula is C25H27N3O5. The maximum absolute atomic E-state index is 12.7. The maximum Gasteiger partial charge on any atom is 0.319 e. The molecule has 0 fully saturated rings. The number of anilines is 1. The van der Waals surface area contributed by atoms with Crippen LogP contribution in [0.3, 0.4) is 0 Å². The Morgan fingerprint density at radius 1 is 1.06 bits per heavy atom. The Hall–Kier alpha value is -4.07. The highest BCUT2D eigenvalue weighted by Crippen LogP contribution is 2.28. The van der Waals surface area contributed by atoms with Crippen molar-refractivity contribution in [3.05, 3.63) is 81.3 Å². The van der Waals surface area contributed by atoms with Crippen molar-refractivity contribution in [3.63, 3.8) is 0 Å². The highest BCUT2D eigenvalue weighted by molar-refractivity contribution is 5.91. The third-order valence-electron chi connectivity index (χ3n) is 5.45. The Kier molecular flexibility index (Phi) is 6.86. The van der Waals surface area contributed by atoms with Crippen LogP contribution in [-0.4, -0.2) is 26.8 Å². The number of nitrogens with zero attached hydrogens (tertiary/aromatic N) is 1. The van der Waals surface area contributed by atoms with E-state index in [0.717, 1.165) is 22.3 Å². The fraction of sp³-hybridized carbons (Fsp3) is 0.240. The van der Waals surface area contributed by atoms with E-state index in [1.807, 2.05) is 44.2 Å². The lowest BCUT2D eigenvalue weighted by Gasteiger charge is -2.20. The van der Waals surface area contributed by atoms with Gasteiger partial charge in [0.1, 0.15) is 5.75 Å². The van der Waals surface area contributed by atoms with Gasteiger partial charge in [0.2, 0.25) is 0 Å². The van der Waals surface area contributed by atoms with Crippen molar-refractivity contribution < 1.29 is 19.8 Å². The molecule has 0 bridgehead atoms. The topological polar surface area (TPSA) is 121 Å². The number of carboxylic acids is 1. The van der Waals surface area contributed by atoms with Crippen LogP contribution in [-0.2, 0) is 11.8 Å². The third-order valence-corrected chi connectivity index (χ3v) is 5.45. The number of rotatable bonds is 6. The number of carboxylic acid groups (broad SMARTS) is 1. The number of hydrogen-bond donors (Lipinski definition) is 4. The summed E-state index contributed by atoms with van der Waals surface area (Å²) in [5.74, 6) is -1.42. The zero-order valence-electron chi connectivity index (χ0n) is 19.0. The number of pyridine rings is 1. The van der Waals surface area contributed by atoms with E-state index in [2.05, 4.69) is 16.7 Å². The first kappa shape index (κ1) is 23.6. The average molecular weight is 450 g/mol. The van der Waals surface area contributed by atoms with Gasteiger partial charge in [0.15, 0.2) is 5.69 Å². The summed E-state index contributed by atoms with van der Waals surface area (Å²) in [7, 11) is 1.50. The second kappa shape index (κ2) is 9.60. The lowest BCUT2D eigenvalue weighted by Crippen LogP contribution is -2.36. The molecule has 1 atom stereocenters. The minimum absolute atomic E-state index is 0.270. The first-order chi connectivity index (χ1) is 15.6. The summed E-state index contributed by atoms with van der Waals surface area (Å²) in [4.78, 5) is 36.5. The van der Waals surface area contributed by atoms with Gasteiger partial charge in [0.25, 0.3) is 5.56 Å². The summed E-state index contributed by atoms with van der Waals surface area (Å²) >= 11 is 0. The molecule has 0 saturated heterocycles. The first-order valence-electron chi connectivity index (χ1n) is 10.4. The normalized spacial score (nSPS) is 11.6. The number of nitrogens with one attached hydrogen (secondary N) is 2. The number of aromatic nitrogens is 1. The van der Waals surface area contributed by atoms with Crippen molar-refractivity contribution in [2.75, 3.05) is 5.32 Å². The Bertz CT molecular complexity index is 1280. The second-order valence-electron chi connectivity index (χ2n) is 8.14. The molecule has 3 rings (SSSR count). The van der Waals surface area contributed by atoms with Crippen LogP contribution in [0.2, 0.25) is 0 Å². The van der Waals surface area contributed by atoms with Crippen molar-refractivity contribution in [2.45, 2.75) is 33.2 Å². The number of aliphatic carboxylic acids is 1. The molecule has 0 aliphatic heterocycles. The van der Waals surface area contributed by atoms with Gasteiger partial charge in [-0.25, -0.2) is 4.79 Å². The Morgan fingerprint density at radius 2 is 1.79 bits per heavy atom. The van der Waals surface area contributed by atoms with Gasteiger partial charge < -0.3 is 25.4 Å². The van der Waals surface area contributed by atoms with E-state index < -0.39 is 23.6 Å². The molecular weight excluding hydrogens is 422 g/mol. The summed E-state index contributed by atoms with van der Waals surface area (Å²) in [5.41, 5.74) is 4.25. The number of carbonyl (C=O) groups excluding carboxylic acids is 1. The fourth-order valence-corrected chi connectivity index (χ4v) is 3.70. The van der Waals surface area contributed by atoms with Crippen molar-refractivity contribution in [1.29, 1.82) is 0 Å². The zero-order valence-corrected chi connectivity index (χ0v) is 19.0. The first-order valence-corrected chi connectivity index (χ1v) is 10.4. The molecule has 2 aromatic carbocycles. The number of hydrogen-bond acceptors (Lipinski definition) is 4. The molecule has 0 saturated carbocycles. The van der Waals surface area contributed by atoms with Gasteiger partial charge in [-0.05, 0) is 49.1 Å². The van der Waals surface area contributed by atoms with Gasteiger partial charge in [0, 0.05) is 18.8 Å².